The van der Waals surface area contributed by atoms with E-state index in [2.05, 4.69) is 26.1 Å². The van der Waals surface area contributed by atoms with Crippen LogP contribution >= 0.6 is 0 Å². The second kappa shape index (κ2) is 5.99. The molecule has 1 fully saturated rings. The average molecular weight is 229 g/mol. The van der Waals surface area contributed by atoms with Gasteiger partial charge in [0.15, 0.2) is 6.29 Å². The summed E-state index contributed by atoms with van der Waals surface area (Å²) in [4.78, 5) is 0. The van der Waals surface area contributed by atoms with Gasteiger partial charge in [0.25, 0.3) is 0 Å². The minimum absolute atomic E-state index is 0.144. The Labute approximate surface area is 99.9 Å². The van der Waals surface area contributed by atoms with Crippen LogP contribution in [0.5, 0.6) is 0 Å². The molecule has 3 nitrogen and oxygen atoms in total. The molecule has 0 aliphatic heterocycles. The molecule has 1 N–H and O–H groups in total. The van der Waals surface area contributed by atoms with Crippen molar-refractivity contribution in [1.29, 1.82) is 0 Å². The lowest BCUT2D eigenvalue weighted by atomic mass is 9.75. The zero-order chi connectivity index (χ0) is 12.2. The summed E-state index contributed by atoms with van der Waals surface area (Å²) in [5.74, 6) is 0. The van der Waals surface area contributed by atoms with Gasteiger partial charge in [0, 0.05) is 20.3 Å². The predicted molar refractivity (Wildman–Crippen MR) is 66.4 cm³/mol. The van der Waals surface area contributed by atoms with Crippen LogP contribution < -0.4 is 5.32 Å². The van der Waals surface area contributed by atoms with Crippen molar-refractivity contribution in [3.05, 3.63) is 0 Å². The van der Waals surface area contributed by atoms with E-state index in [-0.39, 0.29) is 12.3 Å². The van der Waals surface area contributed by atoms with Crippen LogP contribution in [-0.4, -0.2) is 32.6 Å². The molecule has 0 aromatic carbocycles. The minimum atomic E-state index is -0.144. The smallest absolute Gasteiger partial charge is 0.171 e. The number of nitrogens with one attached hydrogen (secondary N) is 1. The first-order valence-corrected chi connectivity index (χ1v) is 6.30. The number of hydrogen-bond donors (Lipinski definition) is 1. The Kier molecular flexibility index (Phi) is 5.22. The van der Waals surface area contributed by atoms with Crippen LogP contribution in [0.4, 0.5) is 0 Å². The second-order valence-electron chi connectivity index (χ2n) is 5.73. The van der Waals surface area contributed by atoms with Gasteiger partial charge in [0.1, 0.15) is 0 Å². The molecule has 0 aromatic rings. The summed E-state index contributed by atoms with van der Waals surface area (Å²) in [5, 5.41) is 3.61. The zero-order valence-electron chi connectivity index (χ0n) is 11.4. The molecule has 16 heavy (non-hydrogen) atoms. The topological polar surface area (TPSA) is 30.5 Å². The van der Waals surface area contributed by atoms with Gasteiger partial charge >= 0.3 is 0 Å². The van der Waals surface area contributed by atoms with E-state index in [1.165, 1.54) is 25.7 Å². The number of rotatable bonds is 5. The van der Waals surface area contributed by atoms with E-state index in [4.69, 9.17) is 9.47 Å². The summed E-state index contributed by atoms with van der Waals surface area (Å²) in [5.41, 5.74) is 0.531. The molecule has 3 heteroatoms. The zero-order valence-corrected chi connectivity index (χ0v) is 11.4. The number of hydrogen-bond acceptors (Lipinski definition) is 3. The first kappa shape index (κ1) is 13.9. The molecule has 96 valence electrons. The maximum Gasteiger partial charge on any atom is 0.171 e. The number of ether oxygens (including phenoxy) is 2. The molecule has 0 bridgehead atoms. The molecule has 0 amide bonds. The van der Waals surface area contributed by atoms with Crippen molar-refractivity contribution in [3.63, 3.8) is 0 Å². The van der Waals surface area contributed by atoms with Crippen LogP contribution in [0.1, 0.15) is 46.5 Å². The molecule has 0 heterocycles. The highest BCUT2D eigenvalue weighted by atomic mass is 16.7. The predicted octanol–water partition coefficient (Wildman–Crippen LogP) is 2.55. The molecular formula is C13H27NO2. The van der Waals surface area contributed by atoms with Crippen molar-refractivity contribution in [2.24, 2.45) is 5.41 Å². The lowest BCUT2D eigenvalue weighted by molar-refractivity contribution is -0.121. The van der Waals surface area contributed by atoms with Crippen LogP contribution in [0.25, 0.3) is 0 Å². The summed E-state index contributed by atoms with van der Waals surface area (Å²) in [6.07, 6.45) is 4.99. The molecule has 1 unspecified atom stereocenters. The number of methoxy groups -OCH3 is 2. The van der Waals surface area contributed by atoms with Gasteiger partial charge < -0.3 is 14.8 Å². The van der Waals surface area contributed by atoms with Crippen LogP contribution in [0.3, 0.4) is 0 Å². The van der Waals surface area contributed by atoms with E-state index in [0.29, 0.717) is 11.5 Å². The Morgan fingerprint density at radius 1 is 1.12 bits per heavy atom. The molecule has 0 aromatic heterocycles. The van der Waals surface area contributed by atoms with E-state index in [9.17, 15) is 0 Å². The van der Waals surface area contributed by atoms with Crippen molar-refractivity contribution in [2.75, 3.05) is 14.2 Å². The van der Waals surface area contributed by atoms with Crippen molar-refractivity contribution in [1.82, 2.24) is 5.32 Å². The van der Waals surface area contributed by atoms with Gasteiger partial charge in [-0.25, -0.2) is 0 Å². The Balaban J connectivity index is 2.33. The monoisotopic (exact) mass is 229 g/mol. The molecule has 1 atom stereocenters. The van der Waals surface area contributed by atoms with E-state index < -0.39 is 0 Å². The maximum absolute atomic E-state index is 5.26. The van der Waals surface area contributed by atoms with Crippen molar-refractivity contribution in [3.8, 4) is 0 Å². The fourth-order valence-corrected chi connectivity index (χ4v) is 2.52. The van der Waals surface area contributed by atoms with Gasteiger partial charge in [-0.15, -0.1) is 0 Å². The standard InChI is InChI=1S/C13H27NO2/c1-10(12(15-4)16-5)14-11-6-8-13(2,3)9-7-11/h10-12,14H,6-9H2,1-5H3. The van der Waals surface area contributed by atoms with Crippen LogP contribution in [0.2, 0.25) is 0 Å². The SMILES string of the molecule is COC(OC)C(C)NC1CCC(C)(C)CC1. The van der Waals surface area contributed by atoms with Crippen molar-refractivity contribution >= 4 is 0 Å². The molecule has 1 aliphatic rings. The van der Waals surface area contributed by atoms with Gasteiger partial charge in [-0.1, -0.05) is 13.8 Å². The molecule has 0 spiro atoms. The van der Waals surface area contributed by atoms with E-state index in [1.807, 2.05) is 0 Å². The Bertz CT molecular complexity index is 192. The van der Waals surface area contributed by atoms with E-state index in [0.717, 1.165) is 0 Å². The third kappa shape index (κ3) is 4.04. The Hall–Kier alpha value is -0.120. The quantitative estimate of drug-likeness (QED) is 0.735. The van der Waals surface area contributed by atoms with Crippen LogP contribution in [-0.2, 0) is 9.47 Å². The Morgan fingerprint density at radius 3 is 2.06 bits per heavy atom. The third-order valence-corrected chi connectivity index (χ3v) is 3.71. The maximum atomic E-state index is 5.26. The highest BCUT2D eigenvalue weighted by molar-refractivity contribution is 4.84. The van der Waals surface area contributed by atoms with Crippen LogP contribution in [0.15, 0.2) is 0 Å². The van der Waals surface area contributed by atoms with Crippen molar-refractivity contribution in [2.45, 2.75) is 64.8 Å². The average Bonchev–Trinajstić information content (AvgIpc) is 2.23. The van der Waals surface area contributed by atoms with E-state index in [1.54, 1.807) is 14.2 Å². The Morgan fingerprint density at radius 2 is 1.62 bits per heavy atom. The molecule has 1 rings (SSSR count). The second-order valence-corrected chi connectivity index (χ2v) is 5.73. The lowest BCUT2D eigenvalue weighted by Crippen LogP contribution is -2.46. The van der Waals surface area contributed by atoms with Gasteiger partial charge in [-0.2, -0.15) is 0 Å². The molecular weight excluding hydrogens is 202 g/mol. The van der Waals surface area contributed by atoms with Gasteiger partial charge in [0.2, 0.25) is 0 Å². The normalized spacial score (nSPS) is 23.6. The highest BCUT2D eigenvalue weighted by Gasteiger charge is 2.28. The molecule has 0 radical (unpaired) electrons. The van der Waals surface area contributed by atoms with Gasteiger partial charge in [-0.05, 0) is 38.0 Å². The highest BCUT2D eigenvalue weighted by Crippen LogP contribution is 2.35. The lowest BCUT2D eigenvalue weighted by Gasteiger charge is -2.36. The summed E-state index contributed by atoms with van der Waals surface area (Å²) in [6.45, 7) is 6.84. The van der Waals surface area contributed by atoms with Crippen LogP contribution in [0, 0.1) is 5.41 Å². The van der Waals surface area contributed by atoms with Gasteiger partial charge in [-0.3, -0.25) is 0 Å². The minimum Gasteiger partial charge on any atom is -0.354 e. The first-order chi connectivity index (χ1) is 7.48. The fraction of sp³-hybridized carbons (Fsp3) is 1.00. The third-order valence-electron chi connectivity index (χ3n) is 3.71. The summed E-state index contributed by atoms with van der Waals surface area (Å²) in [6, 6.07) is 0.872. The molecule has 1 saturated carbocycles. The molecule has 1 aliphatic carbocycles. The summed E-state index contributed by atoms with van der Waals surface area (Å²) >= 11 is 0. The van der Waals surface area contributed by atoms with Crippen molar-refractivity contribution < 1.29 is 9.47 Å². The fourth-order valence-electron chi connectivity index (χ4n) is 2.52. The summed E-state index contributed by atoms with van der Waals surface area (Å²) < 4.78 is 10.5. The first-order valence-electron chi connectivity index (χ1n) is 6.30. The van der Waals surface area contributed by atoms with Gasteiger partial charge in [0.05, 0.1) is 6.04 Å². The molecule has 0 saturated heterocycles. The summed E-state index contributed by atoms with van der Waals surface area (Å²) in [7, 11) is 3.38. The largest absolute Gasteiger partial charge is 0.354 e. The van der Waals surface area contributed by atoms with E-state index >= 15 is 0 Å².